The van der Waals surface area contributed by atoms with Crippen LogP contribution >= 0.6 is 0 Å². The third-order valence-corrected chi connectivity index (χ3v) is 4.35. The van der Waals surface area contributed by atoms with Crippen molar-refractivity contribution in [3.8, 4) is 0 Å². The highest BCUT2D eigenvalue weighted by atomic mass is 16.5. The van der Waals surface area contributed by atoms with Gasteiger partial charge in [0.05, 0.1) is 12.1 Å². The lowest BCUT2D eigenvalue weighted by Crippen LogP contribution is -2.23. The lowest BCUT2D eigenvalue weighted by molar-refractivity contribution is 0.0524. The van der Waals surface area contributed by atoms with E-state index in [0.717, 1.165) is 37.1 Å². The molecule has 3 rings (SSSR count). The van der Waals surface area contributed by atoms with Crippen molar-refractivity contribution in [3.63, 3.8) is 0 Å². The van der Waals surface area contributed by atoms with Crippen LogP contribution in [0.1, 0.15) is 29.3 Å². The first-order chi connectivity index (χ1) is 11.1. The van der Waals surface area contributed by atoms with E-state index < -0.39 is 5.97 Å². The van der Waals surface area contributed by atoms with E-state index in [-0.39, 0.29) is 17.6 Å². The maximum atomic E-state index is 12.7. The summed E-state index contributed by atoms with van der Waals surface area (Å²) in [5.74, 6) is -0.0312. The highest BCUT2D eigenvalue weighted by Crippen LogP contribution is 2.18. The van der Waals surface area contributed by atoms with Gasteiger partial charge in [-0.1, -0.05) is 11.6 Å². The number of carbonyl (C=O) groups excluding carboxylic acids is 1. The third kappa shape index (κ3) is 3.15. The summed E-state index contributed by atoms with van der Waals surface area (Å²) in [6.07, 6.45) is 2.77. The average Bonchev–Trinajstić information content (AvgIpc) is 3.03. The topological polar surface area (TPSA) is 60.3 Å². The second kappa shape index (κ2) is 6.54. The van der Waals surface area contributed by atoms with Crippen molar-refractivity contribution >= 4 is 16.9 Å². The zero-order valence-corrected chi connectivity index (χ0v) is 13.6. The molecule has 1 atom stereocenters. The Morgan fingerprint density at radius 1 is 1.43 bits per heavy atom. The maximum absolute atomic E-state index is 12.7. The van der Waals surface area contributed by atoms with Crippen LogP contribution in [0.15, 0.2) is 29.2 Å². The number of esters is 1. The molecule has 0 saturated carbocycles. The molecule has 0 amide bonds. The number of ether oxygens (including phenoxy) is 1. The number of hydrogen-bond acceptors (Lipinski definition) is 4. The molecule has 0 aliphatic carbocycles. The summed E-state index contributed by atoms with van der Waals surface area (Å²) in [6, 6.07) is 5.81. The first-order valence-electron chi connectivity index (χ1n) is 8.11. The van der Waals surface area contributed by atoms with Crippen LogP contribution in [0, 0.1) is 12.8 Å². The molecule has 0 radical (unpaired) electrons. The number of aromatic nitrogens is 1. The van der Waals surface area contributed by atoms with E-state index in [0.29, 0.717) is 11.3 Å². The smallest absolute Gasteiger partial charge is 0.343 e. The van der Waals surface area contributed by atoms with Crippen molar-refractivity contribution in [1.29, 1.82) is 0 Å². The maximum Gasteiger partial charge on any atom is 0.343 e. The monoisotopic (exact) mass is 314 g/mol. The molecule has 2 heterocycles. The Morgan fingerprint density at radius 2 is 2.26 bits per heavy atom. The molecule has 0 spiro atoms. The van der Waals surface area contributed by atoms with E-state index in [1.807, 2.05) is 29.7 Å². The molecule has 0 bridgehead atoms. The molecule has 1 aromatic heterocycles. The molecule has 5 nitrogen and oxygen atoms in total. The van der Waals surface area contributed by atoms with Crippen LogP contribution in [0.2, 0.25) is 0 Å². The van der Waals surface area contributed by atoms with Gasteiger partial charge in [-0.3, -0.25) is 4.79 Å². The number of rotatable bonds is 4. The van der Waals surface area contributed by atoms with Gasteiger partial charge < -0.3 is 14.6 Å². The predicted octanol–water partition coefficient (Wildman–Crippen LogP) is 2.10. The van der Waals surface area contributed by atoms with Crippen molar-refractivity contribution in [2.75, 3.05) is 19.7 Å². The number of nitrogens with zero attached hydrogens (tertiary/aromatic N) is 1. The molecule has 1 aromatic carbocycles. The number of aryl methyl sites for hydroxylation is 1. The van der Waals surface area contributed by atoms with E-state index >= 15 is 0 Å². The molecule has 1 unspecified atom stereocenters. The number of pyridine rings is 1. The number of hydrogen-bond donors (Lipinski definition) is 1. The number of benzene rings is 1. The normalized spacial score (nSPS) is 17.6. The molecule has 5 heteroatoms. The highest BCUT2D eigenvalue weighted by molar-refractivity contribution is 5.93. The lowest BCUT2D eigenvalue weighted by atomic mass is 10.1. The van der Waals surface area contributed by atoms with Crippen LogP contribution in [-0.2, 0) is 11.3 Å². The van der Waals surface area contributed by atoms with Gasteiger partial charge in [0.25, 0.3) is 0 Å². The number of carbonyl (C=O) groups is 1. The van der Waals surface area contributed by atoms with Crippen molar-refractivity contribution in [3.05, 3.63) is 45.7 Å². The second-order valence-corrected chi connectivity index (χ2v) is 6.12. The lowest BCUT2D eigenvalue weighted by Gasteiger charge is -2.16. The van der Waals surface area contributed by atoms with Crippen LogP contribution in [0.3, 0.4) is 0 Å². The molecule has 23 heavy (non-hydrogen) atoms. The van der Waals surface area contributed by atoms with Crippen molar-refractivity contribution in [2.45, 2.75) is 26.8 Å². The molecule has 1 saturated heterocycles. The SMILES string of the molecule is CCOC(=O)c1cn(CC2CCNC2)c2ccc(C)cc2c1=O. The van der Waals surface area contributed by atoms with Gasteiger partial charge in [0, 0.05) is 18.1 Å². The molecular weight excluding hydrogens is 292 g/mol. The summed E-state index contributed by atoms with van der Waals surface area (Å²) in [7, 11) is 0. The molecular formula is C18H22N2O3. The van der Waals surface area contributed by atoms with Crippen molar-refractivity contribution in [1.82, 2.24) is 9.88 Å². The molecule has 122 valence electrons. The van der Waals surface area contributed by atoms with Gasteiger partial charge in [-0.2, -0.15) is 0 Å². The Labute approximate surface area is 135 Å². The third-order valence-electron chi connectivity index (χ3n) is 4.35. The fraction of sp³-hybridized carbons (Fsp3) is 0.444. The van der Waals surface area contributed by atoms with E-state index in [1.165, 1.54) is 0 Å². The molecule has 1 aliphatic heterocycles. The number of nitrogens with one attached hydrogen (secondary N) is 1. The Kier molecular flexibility index (Phi) is 4.48. The molecule has 1 N–H and O–H groups in total. The fourth-order valence-corrected chi connectivity index (χ4v) is 3.17. The van der Waals surface area contributed by atoms with Crippen LogP contribution < -0.4 is 10.7 Å². The van der Waals surface area contributed by atoms with Crippen molar-refractivity contribution in [2.24, 2.45) is 5.92 Å². The standard InChI is InChI=1S/C18H22N2O3/c1-3-23-18(22)15-11-20(10-13-6-7-19-9-13)16-5-4-12(2)8-14(16)17(15)21/h4-5,8,11,13,19H,3,6-7,9-10H2,1-2H3. The molecule has 2 aromatic rings. The number of fused-ring (bicyclic) bond motifs is 1. The summed E-state index contributed by atoms with van der Waals surface area (Å²) in [6.45, 7) is 6.73. The highest BCUT2D eigenvalue weighted by Gasteiger charge is 2.20. The van der Waals surface area contributed by atoms with E-state index in [9.17, 15) is 9.59 Å². The Bertz CT molecular complexity index is 789. The summed E-state index contributed by atoms with van der Waals surface area (Å²) < 4.78 is 7.08. The minimum absolute atomic E-state index is 0.121. The van der Waals surface area contributed by atoms with Gasteiger partial charge in [0.2, 0.25) is 5.43 Å². The van der Waals surface area contributed by atoms with Gasteiger partial charge in [-0.25, -0.2) is 4.79 Å². The van der Waals surface area contributed by atoms with E-state index in [4.69, 9.17) is 4.74 Å². The summed E-state index contributed by atoms with van der Waals surface area (Å²) >= 11 is 0. The second-order valence-electron chi connectivity index (χ2n) is 6.12. The van der Waals surface area contributed by atoms with E-state index in [2.05, 4.69) is 5.32 Å². The summed E-state index contributed by atoms with van der Waals surface area (Å²) in [4.78, 5) is 24.8. The van der Waals surface area contributed by atoms with Crippen LogP contribution in [0.5, 0.6) is 0 Å². The van der Waals surface area contributed by atoms with Crippen LogP contribution in [0.4, 0.5) is 0 Å². The van der Waals surface area contributed by atoms with Gasteiger partial charge in [0.1, 0.15) is 5.56 Å². The largest absolute Gasteiger partial charge is 0.462 e. The van der Waals surface area contributed by atoms with Crippen molar-refractivity contribution < 1.29 is 9.53 Å². The summed E-state index contributed by atoms with van der Waals surface area (Å²) in [5.41, 5.74) is 1.75. The summed E-state index contributed by atoms with van der Waals surface area (Å²) in [5, 5.41) is 3.94. The van der Waals surface area contributed by atoms with Gasteiger partial charge in [-0.05, 0) is 51.4 Å². The van der Waals surface area contributed by atoms with Crippen LogP contribution in [0.25, 0.3) is 10.9 Å². The van der Waals surface area contributed by atoms with E-state index in [1.54, 1.807) is 13.1 Å². The zero-order valence-electron chi connectivity index (χ0n) is 13.6. The molecule has 1 aliphatic rings. The predicted molar refractivity (Wildman–Crippen MR) is 89.9 cm³/mol. The Balaban J connectivity index is 2.14. The molecule has 1 fully saturated rings. The zero-order chi connectivity index (χ0) is 16.4. The minimum Gasteiger partial charge on any atom is -0.462 e. The van der Waals surface area contributed by atoms with Gasteiger partial charge in [-0.15, -0.1) is 0 Å². The minimum atomic E-state index is -0.542. The van der Waals surface area contributed by atoms with Gasteiger partial charge in [0.15, 0.2) is 0 Å². The first kappa shape index (κ1) is 15.7. The first-order valence-corrected chi connectivity index (χ1v) is 8.11. The Hall–Kier alpha value is -2.14. The van der Waals surface area contributed by atoms with Crippen LogP contribution in [-0.4, -0.2) is 30.2 Å². The average molecular weight is 314 g/mol. The Morgan fingerprint density at radius 3 is 2.96 bits per heavy atom. The fourth-order valence-electron chi connectivity index (χ4n) is 3.17. The van der Waals surface area contributed by atoms with Gasteiger partial charge >= 0.3 is 5.97 Å². The quantitative estimate of drug-likeness (QED) is 0.878.